The van der Waals surface area contributed by atoms with E-state index in [4.69, 9.17) is 10.7 Å². The molecule has 1 unspecified atom stereocenters. The summed E-state index contributed by atoms with van der Waals surface area (Å²) in [7, 11) is 1.60. The van der Waals surface area contributed by atoms with Crippen LogP contribution in [0.1, 0.15) is 39.7 Å². The molecule has 0 aliphatic heterocycles. The average Bonchev–Trinajstić information content (AvgIpc) is 2.34. The molecule has 21 heavy (non-hydrogen) atoms. The number of carbonyl (C=O) groups excluding carboxylic acids is 1. The van der Waals surface area contributed by atoms with E-state index in [0.29, 0.717) is 0 Å². The van der Waals surface area contributed by atoms with E-state index >= 15 is 0 Å². The van der Waals surface area contributed by atoms with Gasteiger partial charge in [0.05, 0.1) is 4.90 Å². The lowest BCUT2D eigenvalue weighted by Crippen LogP contribution is -2.40. The van der Waals surface area contributed by atoms with Crippen molar-refractivity contribution in [3.63, 3.8) is 0 Å². The van der Waals surface area contributed by atoms with Crippen molar-refractivity contribution < 1.29 is 13.2 Å². The number of rotatable bonds is 5. The second-order valence-corrected chi connectivity index (χ2v) is 8.81. The van der Waals surface area contributed by atoms with Crippen molar-refractivity contribution >= 4 is 25.6 Å². The van der Waals surface area contributed by atoms with Gasteiger partial charge in [-0.05, 0) is 37.5 Å². The summed E-state index contributed by atoms with van der Waals surface area (Å²) in [6.45, 7) is 7.59. The van der Waals surface area contributed by atoms with E-state index in [9.17, 15) is 13.2 Å². The van der Waals surface area contributed by atoms with Gasteiger partial charge in [-0.2, -0.15) is 0 Å². The molecule has 118 valence electrons. The summed E-state index contributed by atoms with van der Waals surface area (Å²) in [5.74, 6) is 0.0265. The number of nitrogens with one attached hydrogen (secondary N) is 1. The van der Waals surface area contributed by atoms with Gasteiger partial charge in [0.2, 0.25) is 5.91 Å². The predicted molar refractivity (Wildman–Crippen MR) is 84.9 cm³/mol. The van der Waals surface area contributed by atoms with E-state index in [1.807, 2.05) is 27.7 Å². The van der Waals surface area contributed by atoms with E-state index in [0.717, 1.165) is 18.4 Å². The zero-order valence-electron chi connectivity index (χ0n) is 12.8. The molecule has 1 N–H and O–H groups in total. The fourth-order valence-electron chi connectivity index (χ4n) is 1.71. The summed E-state index contributed by atoms with van der Waals surface area (Å²) in [5, 5.41) is 2.97. The van der Waals surface area contributed by atoms with Crippen molar-refractivity contribution in [2.24, 2.45) is 5.41 Å². The van der Waals surface area contributed by atoms with Crippen molar-refractivity contribution in [2.75, 3.05) is 0 Å². The first-order valence-electron chi connectivity index (χ1n) is 6.85. The van der Waals surface area contributed by atoms with Gasteiger partial charge in [0, 0.05) is 22.1 Å². The largest absolute Gasteiger partial charge is 0.353 e. The Kier molecular flexibility index (Phi) is 5.82. The topological polar surface area (TPSA) is 63.2 Å². The van der Waals surface area contributed by atoms with Crippen LogP contribution in [-0.2, 0) is 20.3 Å². The maximum Gasteiger partial charge on any atom is 0.261 e. The summed E-state index contributed by atoms with van der Waals surface area (Å²) in [5.41, 5.74) is 0.612. The van der Waals surface area contributed by atoms with Gasteiger partial charge in [-0.3, -0.25) is 4.79 Å². The quantitative estimate of drug-likeness (QED) is 0.843. The molecular weight excluding hydrogens is 310 g/mol. The standard InChI is InChI=1S/C15H22ClNO3S/c1-11(17-14(18)15(2,3)4)5-6-12-7-9-13(10-8-12)21(16,19)20/h7-11H,5-6H2,1-4H3,(H,17,18). The zero-order chi connectivity index (χ0) is 16.3. The Bertz CT molecular complexity index is 588. The molecule has 1 aromatic rings. The molecule has 0 radical (unpaired) electrons. The number of amides is 1. The summed E-state index contributed by atoms with van der Waals surface area (Å²) < 4.78 is 22.3. The first kappa shape index (κ1) is 18.0. The molecule has 0 spiro atoms. The highest BCUT2D eigenvalue weighted by atomic mass is 35.7. The summed E-state index contributed by atoms with van der Waals surface area (Å²) >= 11 is 0. The summed E-state index contributed by atoms with van der Waals surface area (Å²) in [6, 6.07) is 6.54. The Morgan fingerprint density at radius 3 is 2.19 bits per heavy atom. The highest BCUT2D eigenvalue weighted by Gasteiger charge is 2.22. The minimum absolute atomic E-state index is 0.0265. The second kappa shape index (κ2) is 6.79. The molecule has 0 aliphatic rings. The van der Waals surface area contributed by atoms with Gasteiger partial charge in [0.25, 0.3) is 9.05 Å². The number of benzene rings is 1. The second-order valence-electron chi connectivity index (χ2n) is 6.24. The SMILES string of the molecule is CC(CCc1ccc(S(=O)(=O)Cl)cc1)NC(=O)C(C)(C)C. The Labute approximate surface area is 131 Å². The molecule has 0 heterocycles. The fourth-order valence-corrected chi connectivity index (χ4v) is 2.48. The first-order valence-corrected chi connectivity index (χ1v) is 9.15. The highest BCUT2D eigenvalue weighted by Crippen LogP contribution is 2.17. The number of halogens is 1. The van der Waals surface area contributed by atoms with Gasteiger partial charge in [-0.25, -0.2) is 8.42 Å². The van der Waals surface area contributed by atoms with Crippen LogP contribution in [0.15, 0.2) is 29.2 Å². The van der Waals surface area contributed by atoms with Crippen LogP contribution in [0.25, 0.3) is 0 Å². The fraction of sp³-hybridized carbons (Fsp3) is 0.533. The number of aryl methyl sites for hydroxylation is 1. The van der Waals surface area contributed by atoms with Gasteiger partial charge in [0.1, 0.15) is 0 Å². The molecule has 0 bridgehead atoms. The summed E-state index contributed by atoms with van der Waals surface area (Å²) in [6.07, 6.45) is 1.54. The van der Waals surface area contributed by atoms with E-state index in [-0.39, 0.29) is 16.8 Å². The van der Waals surface area contributed by atoms with Gasteiger partial charge in [-0.15, -0.1) is 0 Å². The molecule has 0 saturated heterocycles. The van der Waals surface area contributed by atoms with E-state index < -0.39 is 14.5 Å². The van der Waals surface area contributed by atoms with Gasteiger partial charge in [-0.1, -0.05) is 32.9 Å². The maximum absolute atomic E-state index is 11.8. The van der Waals surface area contributed by atoms with Crippen LogP contribution in [0.3, 0.4) is 0 Å². The summed E-state index contributed by atoms with van der Waals surface area (Å²) in [4.78, 5) is 11.9. The maximum atomic E-state index is 11.8. The molecular formula is C15H22ClNO3S. The van der Waals surface area contributed by atoms with Gasteiger partial charge < -0.3 is 5.32 Å². The van der Waals surface area contributed by atoms with Gasteiger partial charge >= 0.3 is 0 Å². The molecule has 0 fully saturated rings. The van der Waals surface area contributed by atoms with Crippen LogP contribution in [0.2, 0.25) is 0 Å². The molecule has 4 nitrogen and oxygen atoms in total. The molecule has 0 aliphatic carbocycles. The molecule has 1 rings (SSSR count). The number of hydrogen-bond donors (Lipinski definition) is 1. The smallest absolute Gasteiger partial charge is 0.261 e. The van der Waals surface area contributed by atoms with Crippen molar-refractivity contribution in [3.05, 3.63) is 29.8 Å². The monoisotopic (exact) mass is 331 g/mol. The van der Waals surface area contributed by atoms with Crippen molar-refractivity contribution in [3.8, 4) is 0 Å². The van der Waals surface area contributed by atoms with Crippen molar-refractivity contribution in [1.29, 1.82) is 0 Å². The Morgan fingerprint density at radius 1 is 1.24 bits per heavy atom. The van der Waals surface area contributed by atoms with E-state index in [1.165, 1.54) is 12.1 Å². The highest BCUT2D eigenvalue weighted by molar-refractivity contribution is 8.13. The van der Waals surface area contributed by atoms with Crippen molar-refractivity contribution in [1.82, 2.24) is 5.32 Å². The number of hydrogen-bond acceptors (Lipinski definition) is 3. The molecule has 1 atom stereocenters. The van der Waals surface area contributed by atoms with Crippen molar-refractivity contribution in [2.45, 2.75) is 51.5 Å². The third-order valence-electron chi connectivity index (χ3n) is 3.13. The van der Waals surface area contributed by atoms with Crippen LogP contribution in [0, 0.1) is 5.41 Å². The zero-order valence-corrected chi connectivity index (χ0v) is 14.4. The van der Waals surface area contributed by atoms with E-state index in [2.05, 4.69) is 5.32 Å². The third kappa shape index (κ3) is 6.06. The lowest BCUT2D eigenvalue weighted by atomic mass is 9.95. The van der Waals surface area contributed by atoms with Crippen LogP contribution < -0.4 is 5.32 Å². The molecule has 6 heteroatoms. The normalized spacial score (nSPS) is 13.8. The van der Waals surface area contributed by atoms with Gasteiger partial charge in [0.15, 0.2) is 0 Å². The van der Waals surface area contributed by atoms with Crippen LogP contribution in [0.5, 0.6) is 0 Å². The Hall–Kier alpha value is -1.07. The Balaban J connectivity index is 2.54. The molecule has 0 aromatic heterocycles. The minimum Gasteiger partial charge on any atom is -0.353 e. The predicted octanol–water partition coefficient (Wildman–Crippen LogP) is 3.10. The third-order valence-corrected chi connectivity index (χ3v) is 4.50. The van der Waals surface area contributed by atoms with Crippen LogP contribution in [-0.4, -0.2) is 20.4 Å². The lowest BCUT2D eigenvalue weighted by Gasteiger charge is -2.21. The number of carbonyl (C=O) groups is 1. The van der Waals surface area contributed by atoms with Crippen LogP contribution >= 0.6 is 10.7 Å². The minimum atomic E-state index is -3.67. The Morgan fingerprint density at radius 2 is 1.76 bits per heavy atom. The molecule has 0 saturated carbocycles. The average molecular weight is 332 g/mol. The lowest BCUT2D eigenvalue weighted by molar-refractivity contribution is -0.129. The molecule has 1 amide bonds. The van der Waals surface area contributed by atoms with E-state index in [1.54, 1.807) is 12.1 Å². The molecule has 1 aromatic carbocycles. The van der Waals surface area contributed by atoms with Crippen LogP contribution in [0.4, 0.5) is 0 Å². The first-order chi connectivity index (χ1) is 9.50.